The highest BCUT2D eigenvalue weighted by molar-refractivity contribution is 9.10. The number of carbonyl (C=O) groups excluding carboxylic acids is 2. The zero-order valence-corrected chi connectivity index (χ0v) is 14.6. The number of rotatable bonds is 7. The van der Waals surface area contributed by atoms with Gasteiger partial charge >= 0.3 is 0 Å². The summed E-state index contributed by atoms with van der Waals surface area (Å²) in [5.41, 5.74) is 4.21. The summed E-state index contributed by atoms with van der Waals surface area (Å²) in [6, 6.07) is 8.63. The number of primary amides is 1. The summed E-state index contributed by atoms with van der Waals surface area (Å²) in [5.74, 6) is -2.94. The van der Waals surface area contributed by atoms with Crippen molar-refractivity contribution >= 4 is 33.4 Å². The average molecular weight is 413 g/mol. The Morgan fingerprint density at radius 2 is 1.92 bits per heavy atom. The first-order chi connectivity index (χ1) is 11.9. The second kappa shape index (κ2) is 8.57. The van der Waals surface area contributed by atoms with Gasteiger partial charge in [-0.15, -0.1) is 0 Å². The van der Waals surface area contributed by atoms with Gasteiger partial charge in [-0.2, -0.15) is 0 Å². The minimum absolute atomic E-state index is 0.0662. The molecule has 0 saturated heterocycles. The van der Waals surface area contributed by atoms with Crippen molar-refractivity contribution in [1.82, 2.24) is 0 Å². The van der Waals surface area contributed by atoms with Crippen LogP contribution < -0.4 is 15.8 Å². The summed E-state index contributed by atoms with van der Waals surface area (Å²) >= 11 is 3.32. The Labute approximate surface area is 151 Å². The number of hydrogen-bond donors (Lipinski definition) is 2. The fourth-order valence-corrected chi connectivity index (χ4v) is 2.40. The van der Waals surface area contributed by atoms with Crippen LogP contribution in [-0.2, 0) is 4.79 Å². The standard InChI is InChI=1S/C17H15BrF2N2O3/c18-10-3-1-4-11(7-10)25-6-2-5-16(23)22-15-8-12(17(21)24)13(19)9-14(15)20/h1,3-4,7-9H,2,5-6H2,(H2,21,24)(H,22,23). The number of benzene rings is 2. The Morgan fingerprint density at radius 3 is 2.60 bits per heavy atom. The molecule has 2 aromatic rings. The largest absolute Gasteiger partial charge is 0.494 e. The third kappa shape index (κ3) is 5.53. The fraction of sp³-hybridized carbons (Fsp3) is 0.176. The molecule has 2 amide bonds. The van der Waals surface area contributed by atoms with Gasteiger partial charge in [0.25, 0.3) is 5.91 Å². The molecule has 0 spiro atoms. The molecular formula is C17H15BrF2N2O3. The van der Waals surface area contributed by atoms with Gasteiger partial charge in [-0.3, -0.25) is 9.59 Å². The van der Waals surface area contributed by atoms with Crippen LogP contribution in [0.25, 0.3) is 0 Å². The van der Waals surface area contributed by atoms with Crippen LogP contribution >= 0.6 is 15.9 Å². The van der Waals surface area contributed by atoms with Gasteiger partial charge < -0.3 is 15.8 Å². The molecule has 8 heteroatoms. The molecule has 0 bridgehead atoms. The SMILES string of the molecule is NC(=O)c1cc(NC(=O)CCCOc2cccc(Br)c2)c(F)cc1F. The number of anilines is 1. The Bertz CT molecular complexity index is 799. The van der Waals surface area contributed by atoms with Crippen LogP contribution in [-0.4, -0.2) is 18.4 Å². The minimum atomic E-state index is -1.08. The number of hydrogen-bond acceptors (Lipinski definition) is 3. The zero-order valence-electron chi connectivity index (χ0n) is 13.0. The van der Waals surface area contributed by atoms with E-state index in [-0.39, 0.29) is 12.1 Å². The predicted molar refractivity (Wildman–Crippen MR) is 92.4 cm³/mol. The first-order valence-corrected chi connectivity index (χ1v) is 8.13. The monoisotopic (exact) mass is 412 g/mol. The summed E-state index contributed by atoms with van der Waals surface area (Å²) in [7, 11) is 0. The van der Waals surface area contributed by atoms with E-state index >= 15 is 0 Å². The number of ether oxygens (including phenoxy) is 1. The van der Waals surface area contributed by atoms with Crippen LogP contribution in [0.15, 0.2) is 40.9 Å². The normalized spacial score (nSPS) is 10.4. The molecule has 25 heavy (non-hydrogen) atoms. The van der Waals surface area contributed by atoms with Gasteiger partial charge in [0.05, 0.1) is 17.9 Å². The molecule has 0 saturated carbocycles. The Kier molecular flexibility index (Phi) is 6.46. The molecular weight excluding hydrogens is 398 g/mol. The van der Waals surface area contributed by atoms with Crippen molar-refractivity contribution in [3.8, 4) is 5.75 Å². The van der Waals surface area contributed by atoms with Gasteiger partial charge in [-0.1, -0.05) is 22.0 Å². The van der Waals surface area contributed by atoms with E-state index in [0.29, 0.717) is 24.8 Å². The second-order valence-corrected chi connectivity index (χ2v) is 6.05. The first-order valence-electron chi connectivity index (χ1n) is 7.34. The van der Waals surface area contributed by atoms with Crippen LogP contribution in [0.5, 0.6) is 5.75 Å². The maximum Gasteiger partial charge on any atom is 0.251 e. The first kappa shape index (κ1) is 18.9. The van der Waals surface area contributed by atoms with Crippen LogP contribution in [0.1, 0.15) is 23.2 Å². The molecule has 0 heterocycles. The average Bonchev–Trinajstić information content (AvgIpc) is 2.54. The van der Waals surface area contributed by atoms with Crippen molar-refractivity contribution in [3.63, 3.8) is 0 Å². The third-order valence-electron chi connectivity index (χ3n) is 3.21. The van der Waals surface area contributed by atoms with Crippen LogP contribution in [0.4, 0.5) is 14.5 Å². The van der Waals surface area contributed by atoms with Gasteiger partial charge in [0.2, 0.25) is 5.91 Å². The highest BCUT2D eigenvalue weighted by Gasteiger charge is 2.15. The lowest BCUT2D eigenvalue weighted by Gasteiger charge is -2.09. The van der Waals surface area contributed by atoms with Crippen molar-refractivity contribution in [2.24, 2.45) is 5.73 Å². The van der Waals surface area contributed by atoms with Crippen molar-refractivity contribution in [1.29, 1.82) is 0 Å². The summed E-state index contributed by atoms with van der Waals surface area (Å²) in [4.78, 5) is 22.9. The maximum absolute atomic E-state index is 13.7. The van der Waals surface area contributed by atoms with Gasteiger partial charge in [-0.25, -0.2) is 8.78 Å². The highest BCUT2D eigenvalue weighted by Crippen LogP contribution is 2.20. The van der Waals surface area contributed by atoms with E-state index < -0.39 is 29.0 Å². The fourth-order valence-electron chi connectivity index (χ4n) is 2.03. The van der Waals surface area contributed by atoms with E-state index in [1.807, 2.05) is 12.1 Å². The summed E-state index contributed by atoms with van der Waals surface area (Å²) in [6.07, 6.45) is 0.459. The number of nitrogens with one attached hydrogen (secondary N) is 1. The molecule has 5 nitrogen and oxygen atoms in total. The molecule has 2 rings (SSSR count). The predicted octanol–water partition coefficient (Wildman–Crippen LogP) is 3.62. The smallest absolute Gasteiger partial charge is 0.251 e. The van der Waals surface area contributed by atoms with Crippen LogP contribution in [0, 0.1) is 11.6 Å². The zero-order chi connectivity index (χ0) is 18.4. The molecule has 132 valence electrons. The Morgan fingerprint density at radius 1 is 1.16 bits per heavy atom. The Hall–Kier alpha value is -2.48. The van der Waals surface area contributed by atoms with Gasteiger partial charge in [-0.05, 0) is 30.7 Å². The summed E-state index contributed by atoms with van der Waals surface area (Å²) < 4.78 is 33.4. The molecule has 0 aliphatic carbocycles. The quantitative estimate of drug-likeness (QED) is 0.681. The van der Waals surface area contributed by atoms with E-state index in [0.717, 1.165) is 10.5 Å². The molecule has 0 aliphatic heterocycles. The lowest BCUT2D eigenvalue weighted by molar-refractivity contribution is -0.116. The van der Waals surface area contributed by atoms with Crippen molar-refractivity contribution < 1.29 is 23.1 Å². The second-order valence-electron chi connectivity index (χ2n) is 5.13. The van der Waals surface area contributed by atoms with E-state index in [2.05, 4.69) is 21.2 Å². The number of carbonyl (C=O) groups is 2. The maximum atomic E-state index is 13.7. The summed E-state index contributed by atoms with van der Waals surface area (Å²) in [6.45, 7) is 0.294. The lowest BCUT2D eigenvalue weighted by atomic mass is 10.1. The van der Waals surface area contributed by atoms with E-state index in [4.69, 9.17) is 10.5 Å². The molecule has 0 aliphatic rings. The minimum Gasteiger partial charge on any atom is -0.494 e. The van der Waals surface area contributed by atoms with E-state index in [1.165, 1.54) is 0 Å². The number of nitrogens with two attached hydrogens (primary N) is 1. The van der Waals surface area contributed by atoms with Crippen molar-refractivity contribution in [2.75, 3.05) is 11.9 Å². The van der Waals surface area contributed by atoms with Crippen molar-refractivity contribution in [2.45, 2.75) is 12.8 Å². The highest BCUT2D eigenvalue weighted by atomic mass is 79.9. The molecule has 3 N–H and O–H groups in total. The Balaban J connectivity index is 1.86. The van der Waals surface area contributed by atoms with E-state index in [1.54, 1.807) is 12.1 Å². The third-order valence-corrected chi connectivity index (χ3v) is 3.70. The molecule has 0 radical (unpaired) electrons. The number of halogens is 3. The topological polar surface area (TPSA) is 81.4 Å². The van der Waals surface area contributed by atoms with Gasteiger partial charge in [0.15, 0.2) is 0 Å². The lowest BCUT2D eigenvalue weighted by Crippen LogP contribution is -2.17. The molecule has 0 atom stereocenters. The van der Waals surface area contributed by atoms with E-state index in [9.17, 15) is 18.4 Å². The molecule has 0 unspecified atom stereocenters. The number of amides is 2. The van der Waals surface area contributed by atoms with Crippen LogP contribution in [0.3, 0.4) is 0 Å². The van der Waals surface area contributed by atoms with Gasteiger partial charge in [0, 0.05) is 17.0 Å². The van der Waals surface area contributed by atoms with Crippen molar-refractivity contribution in [3.05, 3.63) is 58.1 Å². The molecule has 0 aromatic heterocycles. The molecule has 0 fully saturated rings. The van der Waals surface area contributed by atoms with Crippen LogP contribution in [0.2, 0.25) is 0 Å². The van der Waals surface area contributed by atoms with Gasteiger partial charge in [0.1, 0.15) is 17.4 Å². The summed E-state index contributed by atoms with van der Waals surface area (Å²) in [5, 5.41) is 2.29. The molecule has 2 aromatic carbocycles.